The van der Waals surface area contributed by atoms with Gasteiger partial charge in [-0.25, -0.2) is 4.79 Å². The van der Waals surface area contributed by atoms with Crippen molar-refractivity contribution in [1.82, 2.24) is 0 Å². The van der Waals surface area contributed by atoms with Gasteiger partial charge in [-0.15, -0.1) is 0 Å². The highest BCUT2D eigenvalue weighted by Crippen LogP contribution is 2.46. The standard InChI is InChI=1S/C25H18O6/c1-29-19-12-11-15(13-17(19)26)20-21-23(16-9-5-6-10-18(16)30-25(21)28)31-24(20)22(27)14-7-3-2-4-8-14/h2-13,20,24,26H,1H3. The Morgan fingerprint density at radius 3 is 2.48 bits per heavy atom. The lowest BCUT2D eigenvalue weighted by atomic mass is 9.85. The van der Waals surface area contributed by atoms with Gasteiger partial charge >= 0.3 is 5.63 Å². The first-order valence-corrected chi connectivity index (χ1v) is 9.77. The number of methoxy groups -OCH3 is 1. The van der Waals surface area contributed by atoms with E-state index < -0.39 is 17.6 Å². The first-order valence-electron chi connectivity index (χ1n) is 9.77. The lowest BCUT2D eigenvalue weighted by Gasteiger charge is -2.19. The molecule has 0 saturated heterocycles. The van der Waals surface area contributed by atoms with Crippen LogP contribution in [0.5, 0.6) is 17.2 Å². The average Bonchev–Trinajstić information content (AvgIpc) is 3.21. The van der Waals surface area contributed by atoms with Crippen LogP contribution in [0.4, 0.5) is 0 Å². The van der Waals surface area contributed by atoms with Crippen LogP contribution >= 0.6 is 0 Å². The fraction of sp³-hybridized carbons (Fsp3) is 0.120. The summed E-state index contributed by atoms with van der Waals surface area (Å²) in [5, 5.41) is 10.9. The number of fused-ring (bicyclic) bond motifs is 3. The van der Waals surface area contributed by atoms with Crippen molar-refractivity contribution in [3.8, 4) is 17.2 Å². The number of aromatic hydroxyl groups is 1. The second-order valence-electron chi connectivity index (χ2n) is 7.31. The Morgan fingerprint density at radius 2 is 1.74 bits per heavy atom. The summed E-state index contributed by atoms with van der Waals surface area (Å²) in [6, 6.07) is 20.6. The summed E-state index contributed by atoms with van der Waals surface area (Å²) in [6.45, 7) is 0. The van der Waals surface area contributed by atoms with Crippen LogP contribution in [0.1, 0.15) is 27.4 Å². The molecule has 2 unspecified atom stereocenters. The third kappa shape index (κ3) is 3.04. The highest BCUT2D eigenvalue weighted by Gasteiger charge is 2.44. The molecule has 1 aliphatic heterocycles. The molecule has 1 aromatic heterocycles. The maximum atomic E-state index is 13.4. The first-order chi connectivity index (χ1) is 15.1. The number of carbonyl (C=O) groups is 1. The number of carbonyl (C=O) groups excluding carboxylic acids is 1. The van der Waals surface area contributed by atoms with Crippen LogP contribution in [0.15, 0.2) is 82.0 Å². The lowest BCUT2D eigenvalue weighted by Crippen LogP contribution is -2.31. The van der Waals surface area contributed by atoms with Gasteiger partial charge in [0.25, 0.3) is 0 Å². The Balaban J connectivity index is 1.73. The number of hydrogen-bond donors (Lipinski definition) is 1. The van der Waals surface area contributed by atoms with Crippen molar-refractivity contribution in [2.45, 2.75) is 12.0 Å². The van der Waals surface area contributed by atoms with Gasteiger partial charge < -0.3 is 19.0 Å². The number of phenolic OH excluding ortho intramolecular Hbond substituents is 1. The molecule has 0 fully saturated rings. The summed E-state index contributed by atoms with van der Waals surface area (Å²) in [5.41, 5.74) is 1.09. The summed E-state index contributed by atoms with van der Waals surface area (Å²) < 4.78 is 16.8. The molecule has 154 valence electrons. The molecule has 0 amide bonds. The number of Topliss-reactive ketones (excluding diaryl/α,β-unsaturated/α-hetero) is 1. The molecular formula is C25H18O6. The molecule has 2 heterocycles. The SMILES string of the molecule is COc1ccc(C2c3c(c4ccccc4oc3=O)OC2C(=O)c2ccccc2)cc1O. The van der Waals surface area contributed by atoms with Gasteiger partial charge in [0.15, 0.2) is 17.6 Å². The maximum absolute atomic E-state index is 13.4. The van der Waals surface area contributed by atoms with Crippen molar-refractivity contribution in [2.75, 3.05) is 7.11 Å². The van der Waals surface area contributed by atoms with E-state index in [1.165, 1.54) is 13.2 Å². The normalized spacial score (nSPS) is 17.2. The van der Waals surface area contributed by atoms with E-state index in [0.29, 0.717) is 33.6 Å². The molecule has 0 bridgehead atoms. The summed E-state index contributed by atoms with van der Waals surface area (Å²) in [4.78, 5) is 26.4. The minimum atomic E-state index is -0.987. The van der Waals surface area contributed by atoms with Crippen LogP contribution in [0.3, 0.4) is 0 Å². The zero-order valence-corrected chi connectivity index (χ0v) is 16.6. The molecule has 0 radical (unpaired) electrons. The van der Waals surface area contributed by atoms with E-state index in [9.17, 15) is 14.7 Å². The van der Waals surface area contributed by atoms with Gasteiger partial charge in [0, 0.05) is 5.56 Å². The van der Waals surface area contributed by atoms with E-state index in [2.05, 4.69) is 0 Å². The minimum absolute atomic E-state index is 0.0930. The number of phenols is 1. The predicted molar refractivity (Wildman–Crippen MR) is 114 cm³/mol. The molecule has 6 heteroatoms. The molecule has 5 rings (SSSR count). The van der Waals surface area contributed by atoms with Crippen LogP contribution in [0.2, 0.25) is 0 Å². The Labute approximate surface area is 177 Å². The highest BCUT2D eigenvalue weighted by molar-refractivity contribution is 6.02. The van der Waals surface area contributed by atoms with Gasteiger partial charge in [0.05, 0.1) is 24.0 Å². The Kier molecular flexibility index (Phi) is 4.47. The summed E-state index contributed by atoms with van der Waals surface area (Å²) in [6.07, 6.45) is -0.987. The third-order valence-corrected chi connectivity index (χ3v) is 5.54. The van der Waals surface area contributed by atoms with Gasteiger partial charge in [0.2, 0.25) is 5.78 Å². The van der Waals surface area contributed by atoms with Crippen LogP contribution in [-0.4, -0.2) is 24.1 Å². The van der Waals surface area contributed by atoms with Gasteiger partial charge in [-0.1, -0.05) is 48.5 Å². The summed E-state index contributed by atoms with van der Waals surface area (Å²) >= 11 is 0. The van der Waals surface area contributed by atoms with E-state index >= 15 is 0 Å². The molecule has 0 aliphatic carbocycles. The Bertz CT molecular complexity index is 1360. The summed E-state index contributed by atoms with van der Waals surface area (Å²) in [5.74, 6) is -0.480. The number of hydrogen-bond acceptors (Lipinski definition) is 6. The molecule has 6 nitrogen and oxygen atoms in total. The van der Waals surface area contributed by atoms with Crippen LogP contribution < -0.4 is 15.1 Å². The zero-order chi connectivity index (χ0) is 21.5. The molecule has 1 aliphatic rings. The first kappa shape index (κ1) is 18.9. The van der Waals surface area contributed by atoms with E-state index in [1.54, 1.807) is 54.6 Å². The van der Waals surface area contributed by atoms with E-state index in [4.69, 9.17) is 13.9 Å². The molecule has 31 heavy (non-hydrogen) atoms. The molecule has 0 spiro atoms. The monoisotopic (exact) mass is 414 g/mol. The quantitative estimate of drug-likeness (QED) is 0.396. The molecule has 2 atom stereocenters. The Hall–Kier alpha value is -4.06. The molecular weight excluding hydrogens is 396 g/mol. The lowest BCUT2D eigenvalue weighted by molar-refractivity contribution is 0.0808. The topological polar surface area (TPSA) is 86.0 Å². The fourth-order valence-corrected chi connectivity index (χ4v) is 4.09. The number of ether oxygens (including phenoxy) is 2. The second-order valence-corrected chi connectivity index (χ2v) is 7.31. The largest absolute Gasteiger partial charge is 0.504 e. The van der Waals surface area contributed by atoms with Crippen molar-refractivity contribution in [3.05, 3.63) is 99.9 Å². The molecule has 1 N–H and O–H groups in total. The predicted octanol–water partition coefficient (Wildman–Crippen LogP) is 4.28. The number of benzene rings is 3. The third-order valence-electron chi connectivity index (χ3n) is 5.54. The molecule has 4 aromatic rings. The fourth-order valence-electron chi connectivity index (χ4n) is 4.09. The second kappa shape index (κ2) is 7.32. The van der Waals surface area contributed by atoms with Crippen molar-refractivity contribution in [3.63, 3.8) is 0 Å². The van der Waals surface area contributed by atoms with E-state index in [-0.39, 0.29) is 17.1 Å². The molecule has 0 saturated carbocycles. The maximum Gasteiger partial charge on any atom is 0.344 e. The van der Waals surface area contributed by atoms with Crippen molar-refractivity contribution in [2.24, 2.45) is 0 Å². The average molecular weight is 414 g/mol. The number of rotatable bonds is 4. The van der Waals surface area contributed by atoms with Crippen molar-refractivity contribution < 1.29 is 23.8 Å². The van der Waals surface area contributed by atoms with E-state index in [1.807, 2.05) is 12.1 Å². The van der Waals surface area contributed by atoms with E-state index in [0.717, 1.165) is 0 Å². The summed E-state index contributed by atoms with van der Waals surface area (Å²) in [7, 11) is 1.45. The van der Waals surface area contributed by atoms with Crippen LogP contribution in [0, 0.1) is 0 Å². The minimum Gasteiger partial charge on any atom is -0.504 e. The van der Waals surface area contributed by atoms with Gasteiger partial charge in [-0.3, -0.25) is 4.79 Å². The zero-order valence-electron chi connectivity index (χ0n) is 16.6. The Morgan fingerprint density at radius 1 is 1.00 bits per heavy atom. The highest BCUT2D eigenvalue weighted by atomic mass is 16.5. The number of para-hydroxylation sites is 1. The van der Waals surface area contributed by atoms with Crippen molar-refractivity contribution >= 4 is 16.8 Å². The van der Waals surface area contributed by atoms with Crippen molar-refractivity contribution in [1.29, 1.82) is 0 Å². The van der Waals surface area contributed by atoms with Crippen LogP contribution in [0.25, 0.3) is 11.0 Å². The van der Waals surface area contributed by atoms with Gasteiger partial charge in [-0.2, -0.15) is 0 Å². The smallest absolute Gasteiger partial charge is 0.344 e. The molecule has 3 aromatic carbocycles. The van der Waals surface area contributed by atoms with Crippen LogP contribution in [-0.2, 0) is 0 Å². The van der Waals surface area contributed by atoms with Gasteiger partial charge in [-0.05, 0) is 29.8 Å². The van der Waals surface area contributed by atoms with Gasteiger partial charge in [0.1, 0.15) is 11.3 Å². The number of ketones is 1.